The lowest BCUT2D eigenvalue weighted by Crippen LogP contribution is -2.45. The molecule has 0 radical (unpaired) electrons. The number of hydrogen-bond donors (Lipinski definition) is 3. The van der Waals surface area contributed by atoms with Gasteiger partial charge in [0.15, 0.2) is 0 Å². The highest BCUT2D eigenvalue weighted by Crippen LogP contribution is 2.44. The minimum atomic E-state index is -0.942. The van der Waals surface area contributed by atoms with E-state index in [1.165, 1.54) is 4.90 Å². The Balaban J connectivity index is 1.47. The molecule has 0 saturated carbocycles. The van der Waals surface area contributed by atoms with Crippen molar-refractivity contribution in [3.8, 4) is 5.75 Å². The van der Waals surface area contributed by atoms with Gasteiger partial charge in [-0.15, -0.1) is 0 Å². The van der Waals surface area contributed by atoms with Gasteiger partial charge in [0.05, 0.1) is 24.8 Å². The lowest BCUT2D eigenvalue weighted by molar-refractivity contribution is -0.0259. The highest BCUT2D eigenvalue weighted by atomic mass is 16.5. The molecule has 9 heteroatoms. The van der Waals surface area contributed by atoms with E-state index in [-0.39, 0.29) is 29.9 Å². The lowest BCUT2D eigenvalue weighted by Gasteiger charge is -2.31. The van der Waals surface area contributed by atoms with Gasteiger partial charge in [-0.1, -0.05) is 30.3 Å². The van der Waals surface area contributed by atoms with Crippen LogP contribution in [0.25, 0.3) is 0 Å². The van der Waals surface area contributed by atoms with E-state index >= 15 is 0 Å². The van der Waals surface area contributed by atoms with Crippen molar-refractivity contribution in [3.63, 3.8) is 0 Å². The Morgan fingerprint density at radius 2 is 1.91 bits per heavy atom. The van der Waals surface area contributed by atoms with Crippen molar-refractivity contribution in [1.29, 1.82) is 0 Å². The van der Waals surface area contributed by atoms with Crippen LogP contribution >= 0.6 is 0 Å². The topological polar surface area (TPSA) is 117 Å². The second-order valence-electron chi connectivity index (χ2n) is 8.85. The number of morpholine rings is 1. The second-order valence-corrected chi connectivity index (χ2v) is 8.85. The zero-order valence-electron chi connectivity index (χ0n) is 20.0. The van der Waals surface area contributed by atoms with Gasteiger partial charge in [0.1, 0.15) is 11.9 Å². The molecule has 0 aliphatic carbocycles. The molecule has 4 rings (SSSR count). The predicted octanol–water partition coefficient (Wildman–Crippen LogP) is 2.85. The number of nitrogens with one attached hydrogen (secondary N) is 2. The summed E-state index contributed by atoms with van der Waals surface area (Å²) in [7, 11) is 1.55. The van der Waals surface area contributed by atoms with Crippen molar-refractivity contribution >= 4 is 17.9 Å². The maximum absolute atomic E-state index is 13.0. The predicted molar refractivity (Wildman–Crippen MR) is 129 cm³/mol. The molecule has 3 N–H and O–H groups in total. The first-order valence-electron chi connectivity index (χ1n) is 11.9. The Hall–Kier alpha value is -3.59. The van der Waals surface area contributed by atoms with E-state index in [9.17, 15) is 14.4 Å². The van der Waals surface area contributed by atoms with Crippen molar-refractivity contribution in [2.24, 2.45) is 0 Å². The minimum Gasteiger partial charge on any atom is -0.489 e. The molecular weight excluding hydrogens is 450 g/mol. The summed E-state index contributed by atoms with van der Waals surface area (Å²) >= 11 is 0. The van der Waals surface area contributed by atoms with Crippen LogP contribution in [-0.4, -0.2) is 73.4 Å². The first kappa shape index (κ1) is 24.5. The number of carbonyl (C=O) groups is 3. The van der Waals surface area contributed by atoms with Gasteiger partial charge in [-0.2, -0.15) is 0 Å². The zero-order chi connectivity index (χ0) is 24.9. The fourth-order valence-corrected chi connectivity index (χ4v) is 4.77. The molecular formula is C26H31N3O6. The Morgan fingerprint density at radius 1 is 1.14 bits per heavy atom. The standard InChI is InChI=1S/C26H31N3O6/c1-16-22(17-7-4-3-5-8-17)20-13-18(14-21(23(20)35-16)25(31)27-2)24(30)28-10-6-9-19-15-29(26(32)33)11-12-34-19/h3-5,7-8,13-14,16,19,22H,6,9-12,15H2,1-2H3,(H,27,31)(H,28,30)(H,32,33)/t16-,19?,22+/m1/s1. The summed E-state index contributed by atoms with van der Waals surface area (Å²) in [6.07, 6.45) is -0.0256. The maximum Gasteiger partial charge on any atom is 0.407 e. The van der Waals surface area contributed by atoms with Gasteiger partial charge < -0.3 is 30.1 Å². The van der Waals surface area contributed by atoms with Crippen molar-refractivity contribution in [3.05, 3.63) is 64.7 Å². The van der Waals surface area contributed by atoms with Crippen LogP contribution in [0, 0.1) is 0 Å². The smallest absolute Gasteiger partial charge is 0.407 e. The molecule has 9 nitrogen and oxygen atoms in total. The highest BCUT2D eigenvalue weighted by molar-refractivity contribution is 6.02. The number of carboxylic acid groups (broad SMARTS) is 1. The van der Waals surface area contributed by atoms with Crippen LogP contribution in [0.3, 0.4) is 0 Å². The van der Waals surface area contributed by atoms with E-state index in [4.69, 9.17) is 14.6 Å². The number of ether oxygens (including phenoxy) is 2. The number of nitrogens with zero attached hydrogens (tertiary/aromatic N) is 1. The van der Waals surface area contributed by atoms with E-state index in [2.05, 4.69) is 10.6 Å². The Labute approximate surface area is 204 Å². The molecule has 3 atom stereocenters. The Bertz CT molecular complexity index is 1090. The molecule has 3 amide bonds. The normalized spacial score (nSPS) is 21.1. The average molecular weight is 482 g/mol. The van der Waals surface area contributed by atoms with Crippen LogP contribution in [0.4, 0.5) is 4.79 Å². The highest BCUT2D eigenvalue weighted by Gasteiger charge is 2.36. The Morgan fingerprint density at radius 3 is 2.63 bits per heavy atom. The molecule has 1 unspecified atom stereocenters. The molecule has 2 heterocycles. The van der Waals surface area contributed by atoms with Gasteiger partial charge in [0.25, 0.3) is 11.8 Å². The quantitative estimate of drug-likeness (QED) is 0.524. The molecule has 186 valence electrons. The second kappa shape index (κ2) is 10.8. The van der Waals surface area contributed by atoms with E-state index in [0.717, 1.165) is 11.1 Å². The van der Waals surface area contributed by atoms with Crippen molar-refractivity contribution in [2.45, 2.75) is 37.9 Å². The first-order valence-corrected chi connectivity index (χ1v) is 11.9. The summed E-state index contributed by atoms with van der Waals surface area (Å²) < 4.78 is 11.7. The van der Waals surface area contributed by atoms with E-state index in [0.29, 0.717) is 56.0 Å². The lowest BCUT2D eigenvalue weighted by atomic mass is 9.87. The number of carbonyl (C=O) groups excluding carboxylic acids is 2. The zero-order valence-corrected chi connectivity index (χ0v) is 20.0. The van der Waals surface area contributed by atoms with Crippen LogP contribution in [0.15, 0.2) is 42.5 Å². The molecule has 1 fully saturated rings. The van der Waals surface area contributed by atoms with Gasteiger partial charge in [-0.3, -0.25) is 9.59 Å². The third kappa shape index (κ3) is 5.40. The summed E-state index contributed by atoms with van der Waals surface area (Å²) in [4.78, 5) is 38.2. The molecule has 35 heavy (non-hydrogen) atoms. The minimum absolute atomic E-state index is 0.0945. The van der Waals surface area contributed by atoms with Gasteiger partial charge >= 0.3 is 6.09 Å². The monoisotopic (exact) mass is 481 g/mol. The van der Waals surface area contributed by atoms with Crippen molar-refractivity contribution in [2.75, 3.05) is 33.3 Å². The summed E-state index contributed by atoms with van der Waals surface area (Å²) in [5.41, 5.74) is 2.61. The van der Waals surface area contributed by atoms with E-state index < -0.39 is 6.09 Å². The third-order valence-corrected chi connectivity index (χ3v) is 6.52. The fraction of sp³-hybridized carbons (Fsp3) is 0.423. The summed E-state index contributed by atoms with van der Waals surface area (Å²) in [6.45, 7) is 3.46. The molecule has 1 saturated heterocycles. The van der Waals surface area contributed by atoms with Gasteiger partial charge in [0.2, 0.25) is 0 Å². The van der Waals surface area contributed by atoms with E-state index in [1.807, 2.05) is 43.3 Å². The molecule has 2 aliphatic rings. The van der Waals surface area contributed by atoms with Crippen LogP contribution < -0.4 is 15.4 Å². The van der Waals surface area contributed by atoms with Gasteiger partial charge in [0, 0.05) is 37.2 Å². The number of benzene rings is 2. The number of amides is 3. The molecule has 2 aliphatic heterocycles. The molecule has 2 aromatic carbocycles. The van der Waals surface area contributed by atoms with Crippen molar-refractivity contribution < 1.29 is 29.0 Å². The third-order valence-electron chi connectivity index (χ3n) is 6.52. The molecule has 0 bridgehead atoms. The van der Waals surface area contributed by atoms with Crippen LogP contribution in [-0.2, 0) is 4.74 Å². The van der Waals surface area contributed by atoms with Gasteiger partial charge in [-0.05, 0) is 37.5 Å². The Kier molecular flexibility index (Phi) is 7.55. The summed E-state index contributed by atoms with van der Waals surface area (Å²) in [6, 6.07) is 13.3. The number of rotatable bonds is 7. The SMILES string of the molecule is CNC(=O)c1cc(C(=O)NCCCC2CN(C(=O)O)CCO2)cc2c1O[C@H](C)[C@H]2c1ccccc1. The largest absolute Gasteiger partial charge is 0.489 e. The van der Waals surface area contributed by atoms with Crippen LogP contribution in [0.5, 0.6) is 5.75 Å². The number of fused-ring (bicyclic) bond motifs is 1. The van der Waals surface area contributed by atoms with Crippen molar-refractivity contribution in [1.82, 2.24) is 15.5 Å². The fourth-order valence-electron chi connectivity index (χ4n) is 4.77. The van der Waals surface area contributed by atoms with Crippen LogP contribution in [0.2, 0.25) is 0 Å². The van der Waals surface area contributed by atoms with Gasteiger partial charge in [-0.25, -0.2) is 4.79 Å². The molecule has 0 aromatic heterocycles. The average Bonchev–Trinajstić information content (AvgIpc) is 3.21. The first-order chi connectivity index (χ1) is 16.9. The maximum atomic E-state index is 13.0. The number of hydrogen-bond acceptors (Lipinski definition) is 5. The van der Waals surface area contributed by atoms with Crippen LogP contribution in [0.1, 0.15) is 57.5 Å². The van der Waals surface area contributed by atoms with E-state index in [1.54, 1.807) is 13.1 Å². The molecule has 2 aromatic rings. The summed E-state index contributed by atoms with van der Waals surface area (Å²) in [5.74, 6) is -0.169. The summed E-state index contributed by atoms with van der Waals surface area (Å²) in [5, 5.41) is 14.7. The molecule has 0 spiro atoms.